The molecule has 3 fully saturated rings. The SMILES string of the molecule is CC1CN2CCCC2CN1C1CCCCC1=O. The standard InChI is InChI=1S/C14H24N2O/c1-11-9-15-8-4-5-12(15)10-16(11)13-6-2-3-7-14(13)17/h11-13H,2-10H2,1H3. The fraction of sp³-hybridized carbons (Fsp3) is 0.929. The van der Waals surface area contributed by atoms with Crippen LogP contribution in [0.5, 0.6) is 0 Å². The zero-order chi connectivity index (χ0) is 11.8. The summed E-state index contributed by atoms with van der Waals surface area (Å²) in [6, 6.07) is 1.55. The lowest BCUT2D eigenvalue weighted by atomic mass is 9.90. The topological polar surface area (TPSA) is 23.6 Å². The Balaban J connectivity index is 1.71. The van der Waals surface area contributed by atoms with E-state index in [0.29, 0.717) is 11.8 Å². The Hall–Kier alpha value is -0.410. The summed E-state index contributed by atoms with van der Waals surface area (Å²) in [6.45, 7) is 5.89. The highest BCUT2D eigenvalue weighted by molar-refractivity contribution is 5.84. The smallest absolute Gasteiger partial charge is 0.149 e. The highest BCUT2D eigenvalue weighted by Crippen LogP contribution is 2.29. The Kier molecular flexibility index (Phi) is 3.22. The van der Waals surface area contributed by atoms with E-state index in [-0.39, 0.29) is 6.04 Å². The first-order valence-electron chi connectivity index (χ1n) is 7.28. The third-order valence-corrected chi connectivity index (χ3v) is 4.91. The number of hydrogen-bond acceptors (Lipinski definition) is 3. The van der Waals surface area contributed by atoms with Crippen LogP contribution in [0.4, 0.5) is 0 Å². The lowest BCUT2D eigenvalue weighted by molar-refractivity contribution is -0.129. The van der Waals surface area contributed by atoms with E-state index in [1.54, 1.807) is 0 Å². The molecule has 2 heterocycles. The minimum atomic E-state index is 0.251. The third kappa shape index (κ3) is 2.15. The van der Waals surface area contributed by atoms with Gasteiger partial charge in [-0.1, -0.05) is 6.42 Å². The Morgan fingerprint density at radius 1 is 1.12 bits per heavy atom. The average Bonchev–Trinajstić information content (AvgIpc) is 2.76. The fourth-order valence-electron chi connectivity index (χ4n) is 3.96. The summed E-state index contributed by atoms with van der Waals surface area (Å²) in [6.07, 6.45) is 6.98. The second-order valence-corrected chi connectivity index (χ2v) is 6.06. The monoisotopic (exact) mass is 236 g/mol. The number of nitrogens with zero attached hydrogens (tertiary/aromatic N) is 2. The van der Waals surface area contributed by atoms with E-state index in [4.69, 9.17) is 0 Å². The molecule has 0 aromatic heterocycles. The highest BCUT2D eigenvalue weighted by Gasteiger charge is 2.39. The van der Waals surface area contributed by atoms with E-state index in [9.17, 15) is 4.79 Å². The first-order chi connectivity index (χ1) is 8.25. The molecular formula is C14H24N2O. The summed E-state index contributed by atoms with van der Waals surface area (Å²) in [5, 5.41) is 0. The quantitative estimate of drug-likeness (QED) is 0.692. The number of carbonyl (C=O) groups excluding carboxylic acids is 1. The van der Waals surface area contributed by atoms with Gasteiger partial charge in [0.2, 0.25) is 0 Å². The summed E-state index contributed by atoms with van der Waals surface area (Å²) < 4.78 is 0. The summed E-state index contributed by atoms with van der Waals surface area (Å²) in [4.78, 5) is 17.2. The summed E-state index contributed by atoms with van der Waals surface area (Å²) in [7, 11) is 0. The van der Waals surface area contributed by atoms with Crippen molar-refractivity contribution in [1.29, 1.82) is 0 Å². The minimum Gasteiger partial charge on any atom is -0.298 e. The maximum atomic E-state index is 12.1. The Morgan fingerprint density at radius 3 is 2.82 bits per heavy atom. The molecule has 2 aliphatic heterocycles. The first-order valence-corrected chi connectivity index (χ1v) is 7.28. The Bertz CT molecular complexity index is 305. The van der Waals surface area contributed by atoms with E-state index in [1.165, 1.54) is 32.4 Å². The van der Waals surface area contributed by atoms with E-state index in [1.807, 2.05) is 0 Å². The Labute approximate surface area is 104 Å². The number of ketones is 1. The molecule has 0 bridgehead atoms. The molecule has 17 heavy (non-hydrogen) atoms. The molecule has 0 amide bonds. The van der Waals surface area contributed by atoms with Crippen LogP contribution in [0.3, 0.4) is 0 Å². The van der Waals surface area contributed by atoms with Crippen LogP contribution in [0.25, 0.3) is 0 Å². The molecule has 0 radical (unpaired) electrons. The molecule has 0 aromatic carbocycles. The van der Waals surface area contributed by atoms with Gasteiger partial charge in [-0.25, -0.2) is 0 Å². The lowest BCUT2D eigenvalue weighted by Gasteiger charge is -2.46. The highest BCUT2D eigenvalue weighted by atomic mass is 16.1. The van der Waals surface area contributed by atoms with Crippen molar-refractivity contribution in [1.82, 2.24) is 9.80 Å². The first kappa shape index (κ1) is 11.7. The predicted octanol–water partition coefficient (Wildman–Crippen LogP) is 1.67. The van der Waals surface area contributed by atoms with Gasteiger partial charge in [-0.2, -0.15) is 0 Å². The number of fused-ring (bicyclic) bond motifs is 1. The molecule has 1 saturated carbocycles. The van der Waals surface area contributed by atoms with Crippen molar-refractivity contribution >= 4 is 5.78 Å². The number of rotatable bonds is 1. The van der Waals surface area contributed by atoms with Gasteiger partial charge < -0.3 is 0 Å². The van der Waals surface area contributed by atoms with Crippen LogP contribution in [-0.2, 0) is 4.79 Å². The number of piperazine rings is 1. The summed E-state index contributed by atoms with van der Waals surface area (Å²) >= 11 is 0. The zero-order valence-electron chi connectivity index (χ0n) is 10.9. The van der Waals surface area contributed by atoms with Gasteiger partial charge in [-0.05, 0) is 39.2 Å². The molecular weight excluding hydrogens is 212 g/mol. The molecule has 3 heteroatoms. The molecule has 3 atom stereocenters. The van der Waals surface area contributed by atoms with Crippen molar-refractivity contribution < 1.29 is 4.79 Å². The number of carbonyl (C=O) groups is 1. The van der Waals surface area contributed by atoms with Gasteiger partial charge >= 0.3 is 0 Å². The molecule has 3 unspecified atom stereocenters. The summed E-state index contributed by atoms with van der Waals surface area (Å²) in [5.41, 5.74) is 0. The van der Waals surface area contributed by atoms with Crippen molar-refractivity contribution in [2.45, 2.75) is 63.6 Å². The van der Waals surface area contributed by atoms with Crippen LogP contribution in [0, 0.1) is 0 Å². The van der Waals surface area contributed by atoms with Gasteiger partial charge in [-0.3, -0.25) is 14.6 Å². The van der Waals surface area contributed by atoms with E-state index in [0.717, 1.165) is 31.8 Å². The average molecular weight is 236 g/mol. The van der Waals surface area contributed by atoms with Crippen LogP contribution in [-0.4, -0.2) is 53.3 Å². The number of hydrogen-bond donors (Lipinski definition) is 0. The second kappa shape index (κ2) is 4.69. The predicted molar refractivity (Wildman–Crippen MR) is 68.0 cm³/mol. The normalized spacial score (nSPS) is 40.5. The Morgan fingerprint density at radius 2 is 2.00 bits per heavy atom. The fourth-order valence-corrected chi connectivity index (χ4v) is 3.96. The summed E-state index contributed by atoms with van der Waals surface area (Å²) in [5.74, 6) is 0.509. The van der Waals surface area contributed by atoms with Crippen molar-refractivity contribution in [3.63, 3.8) is 0 Å². The third-order valence-electron chi connectivity index (χ3n) is 4.91. The van der Waals surface area contributed by atoms with Gasteiger partial charge in [0.25, 0.3) is 0 Å². The molecule has 3 rings (SSSR count). The lowest BCUT2D eigenvalue weighted by Crippen LogP contribution is -2.60. The maximum absolute atomic E-state index is 12.1. The largest absolute Gasteiger partial charge is 0.298 e. The molecule has 3 aliphatic rings. The van der Waals surface area contributed by atoms with Crippen LogP contribution in [0.2, 0.25) is 0 Å². The van der Waals surface area contributed by atoms with Crippen LogP contribution in [0.1, 0.15) is 45.4 Å². The molecule has 3 nitrogen and oxygen atoms in total. The van der Waals surface area contributed by atoms with E-state index < -0.39 is 0 Å². The van der Waals surface area contributed by atoms with Crippen molar-refractivity contribution in [2.75, 3.05) is 19.6 Å². The van der Waals surface area contributed by atoms with Gasteiger partial charge in [0, 0.05) is 31.6 Å². The molecule has 0 spiro atoms. The minimum absolute atomic E-state index is 0.251. The van der Waals surface area contributed by atoms with E-state index >= 15 is 0 Å². The zero-order valence-corrected chi connectivity index (χ0v) is 10.9. The van der Waals surface area contributed by atoms with Crippen LogP contribution < -0.4 is 0 Å². The van der Waals surface area contributed by atoms with Crippen LogP contribution in [0.15, 0.2) is 0 Å². The number of Topliss-reactive ketones (excluding diaryl/α,β-unsaturated/α-hetero) is 1. The van der Waals surface area contributed by atoms with E-state index in [2.05, 4.69) is 16.7 Å². The van der Waals surface area contributed by atoms with Gasteiger partial charge in [0.05, 0.1) is 6.04 Å². The van der Waals surface area contributed by atoms with Crippen molar-refractivity contribution in [3.8, 4) is 0 Å². The second-order valence-electron chi connectivity index (χ2n) is 6.06. The molecule has 96 valence electrons. The molecule has 1 aliphatic carbocycles. The molecule has 0 aromatic rings. The van der Waals surface area contributed by atoms with Gasteiger partial charge in [-0.15, -0.1) is 0 Å². The van der Waals surface area contributed by atoms with Crippen LogP contribution >= 0.6 is 0 Å². The van der Waals surface area contributed by atoms with Gasteiger partial charge in [0.15, 0.2) is 0 Å². The van der Waals surface area contributed by atoms with Crippen molar-refractivity contribution in [3.05, 3.63) is 0 Å². The van der Waals surface area contributed by atoms with Gasteiger partial charge in [0.1, 0.15) is 5.78 Å². The molecule has 0 N–H and O–H groups in total. The van der Waals surface area contributed by atoms with Crippen molar-refractivity contribution in [2.24, 2.45) is 0 Å². The molecule has 2 saturated heterocycles. The maximum Gasteiger partial charge on any atom is 0.149 e.